The largest absolute Gasteiger partial charge is 0.450 e. The van der Waals surface area contributed by atoms with Crippen LogP contribution >= 0.6 is 0 Å². The molecular formula is C14H15FO3. The molecule has 0 aliphatic rings. The van der Waals surface area contributed by atoms with Crippen molar-refractivity contribution in [2.75, 3.05) is 0 Å². The summed E-state index contributed by atoms with van der Waals surface area (Å²) >= 11 is 0. The fourth-order valence-electron chi connectivity index (χ4n) is 1.94. The van der Waals surface area contributed by atoms with Gasteiger partial charge in [0.2, 0.25) is 5.78 Å². The smallest absolute Gasteiger partial charge is 0.229 e. The van der Waals surface area contributed by atoms with Gasteiger partial charge in [0.05, 0.1) is 0 Å². The SMILES string of the molecule is CCC(O)(CC)C(=O)c1cc2cccc(F)c2o1. The lowest BCUT2D eigenvalue weighted by atomic mass is 9.91. The first-order valence-corrected chi connectivity index (χ1v) is 5.97. The van der Waals surface area contributed by atoms with Crippen molar-refractivity contribution in [1.82, 2.24) is 0 Å². The van der Waals surface area contributed by atoms with Crippen molar-refractivity contribution in [1.29, 1.82) is 0 Å². The van der Waals surface area contributed by atoms with E-state index >= 15 is 0 Å². The van der Waals surface area contributed by atoms with E-state index in [4.69, 9.17) is 4.42 Å². The van der Waals surface area contributed by atoms with Gasteiger partial charge in [0.25, 0.3) is 0 Å². The maximum absolute atomic E-state index is 13.5. The molecule has 0 bridgehead atoms. The van der Waals surface area contributed by atoms with Gasteiger partial charge in [0.1, 0.15) is 5.60 Å². The molecule has 2 rings (SSSR count). The third kappa shape index (κ3) is 1.93. The topological polar surface area (TPSA) is 50.4 Å². The molecule has 1 heterocycles. The monoisotopic (exact) mass is 250 g/mol. The summed E-state index contributed by atoms with van der Waals surface area (Å²) in [5, 5.41) is 10.7. The second kappa shape index (κ2) is 4.53. The van der Waals surface area contributed by atoms with Gasteiger partial charge >= 0.3 is 0 Å². The number of Topliss-reactive ketones (excluding diaryl/α,β-unsaturated/α-hetero) is 1. The van der Waals surface area contributed by atoms with Crippen molar-refractivity contribution in [2.45, 2.75) is 32.3 Å². The molecule has 1 aromatic carbocycles. The molecule has 1 N–H and O–H groups in total. The summed E-state index contributed by atoms with van der Waals surface area (Å²) in [6.45, 7) is 3.45. The van der Waals surface area contributed by atoms with Gasteiger partial charge in [-0.25, -0.2) is 4.39 Å². The Kier molecular flexibility index (Phi) is 3.22. The zero-order valence-electron chi connectivity index (χ0n) is 10.4. The summed E-state index contributed by atoms with van der Waals surface area (Å²) in [4.78, 5) is 12.1. The lowest BCUT2D eigenvalue weighted by molar-refractivity contribution is 0.0253. The zero-order chi connectivity index (χ0) is 13.3. The van der Waals surface area contributed by atoms with Crippen molar-refractivity contribution in [2.24, 2.45) is 0 Å². The van der Waals surface area contributed by atoms with Gasteiger partial charge in [-0.2, -0.15) is 0 Å². The van der Waals surface area contributed by atoms with Crippen LogP contribution in [-0.2, 0) is 0 Å². The van der Waals surface area contributed by atoms with Gasteiger partial charge in [-0.3, -0.25) is 4.79 Å². The van der Waals surface area contributed by atoms with Crippen LogP contribution < -0.4 is 0 Å². The number of para-hydroxylation sites is 1. The molecule has 3 nitrogen and oxygen atoms in total. The van der Waals surface area contributed by atoms with Crippen LogP contribution in [0.25, 0.3) is 11.0 Å². The number of rotatable bonds is 4. The quantitative estimate of drug-likeness (QED) is 0.847. The molecule has 0 atom stereocenters. The molecule has 0 spiro atoms. The van der Waals surface area contributed by atoms with Crippen LogP contribution in [0.4, 0.5) is 4.39 Å². The Morgan fingerprint density at radius 3 is 2.61 bits per heavy atom. The molecule has 0 aliphatic heterocycles. The van der Waals surface area contributed by atoms with Crippen molar-refractivity contribution in [3.8, 4) is 0 Å². The van der Waals surface area contributed by atoms with E-state index in [1.807, 2.05) is 0 Å². The first kappa shape index (κ1) is 12.8. The third-order valence-electron chi connectivity index (χ3n) is 3.31. The van der Waals surface area contributed by atoms with Gasteiger partial charge in [-0.15, -0.1) is 0 Å². The van der Waals surface area contributed by atoms with E-state index in [0.717, 1.165) is 0 Å². The normalized spacial score (nSPS) is 12.0. The number of hydrogen-bond donors (Lipinski definition) is 1. The van der Waals surface area contributed by atoms with Crippen molar-refractivity contribution in [3.05, 3.63) is 35.8 Å². The van der Waals surface area contributed by atoms with E-state index in [-0.39, 0.29) is 11.3 Å². The molecule has 0 fully saturated rings. The van der Waals surface area contributed by atoms with Crippen molar-refractivity contribution in [3.63, 3.8) is 0 Å². The molecular weight excluding hydrogens is 235 g/mol. The minimum absolute atomic E-state index is 0.00120. The first-order chi connectivity index (χ1) is 8.51. The molecule has 0 saturated carbocycles. The predicted octanol–water partition coefficient (Wildman–Crippen LogP) is 3.31. The Balaban J connectivity index is 2.49. The van der Waals surface area contributed by atoms with Crippen molar-refractivity contribution < 1.29 is 18.7 Å². The number of fused-ring (bicyclic) bond motifs is 1. The molecule has 96 valence electrons. The summed E-state index contributed by atoms with van der Waals surface area (Å²) < 4.78 is 18.7. The highest BCUT2D eigenvalue weighted by molar-refractivity contribution is 6.02. The van der Waals surface area contributed by atoms with Gasteiger partial charge < -0.3 is 9.52 Å². The molecule has 0 unspecified atom stereocenters. The average Bonchev–Trinajstić information content (AvgIpc) is 2.82. The summed E-state index contributed by atoms with van der Waals surface area (Å²) in [5.74, 6) is -1.01. The zero-order valence-corrected chi connectivity index (χ0v) is 10.4. The highest BCUT2D eigenvalue weighted by Crippen LogP contribution is 2.27. The Morgan fingerprint density at radius 2 is 2.06 bits per heavy atom. The van der Waals surface area contributed by atoms with Gasteiger partial charge in [0, 0.05) is 5.39 Å². The molecule has 0 amide bonds. The molecule has 0 radical (unpaired) electrons. The number of carbonyl (C=O) groups is 1. The van der Waals surface area contributed by atoms with E-state index < -0.39 is 17.2 Å². The number of ketones is 1. The predicted molar refractivity (Wildman–Crippen MR) is 66.0 cm³/mol. The first-order valence-electron chi connectivity index (χ1n) is 5.97. The molecule has 1 aromatic heterocycles. The van der Waals surface area contributed by atoms with Crippen LogP contribution in [0.5, 0.6) is 0 Å². The number of benzene rings is 1. The Hall–Kier alpha value is -1.68. The fourth-order valence-corrected chi connectivity index (χ4v) is 1.94. The number of carbonyl (C=O) groups excluding carboxylic acids is 1. The van der Waals surface area contributed by atoms with Crippen LogP contribution in [0, 0.1) is 5.82 Å². The van der Waals surface area contributed by atoms with Crippen LogP contribution in [0.15, 0.2) is 28.7 Å². The third-order valence-corrected chi connectivity index (χ3v) is 3.31. The molecule has 18 heavy (non-hydrogen) atoms. The van der Waals surface area contributed by atoms with E-state index in [2.05, 4.69) is 0 Å². The summed E-state index contributed by atoms with van der Waals surface area (Å²) in [6.07, 6.45) is 0.587. The molecule has 2 aromatic rings. The summed E-state index contributed by atoms with van der Waals surface area (Å²) in [6, 6.07) is 5.95. The van der Waals surface area contributed by atoms with Crippen LogP contribution in [0.3, 0.4) is 0 Å². The molecule has 4 heteroatoms. The van der Waals surface area contributed by atoms with Gasteiger partial charge in [0.15, 0.2) is 17.2 Å². The lowest BCUT2D eigenvalue weighted by Gasteiger charge is -2.21. The number of aliphatic hydroxyl groups is 1. The Bertz CT molecular complexity index is 582. The van der Waals surface area contributed by atoms with Gasteiger partial charge in [-0.05, 0) is 25.0 Å². The number of hydrogen-bond acceptors (Lipinski definition) is 3. The van der Waals surface area contributed by atoms with Crippen LogP contribution in [0.2, 0.25) is 0 Å². The standard InChI is InChI=1S/C14H15FO3/c1-3-14(17,4-2)13(16)11-8-9-6-5-7-10(15)12(9)18-11/h5-8,17H,3-4H2,1-2H3. The highest BCUT2D eigenvalue weighted by atomic mass is 19.1. The summed E-state index contributed by atoms with van der Waals surface area (Å²) in [5.41, 5.74) is -1.39. The molecule has 0 saturated heterocycles. The van der Waals surface area contributed by atoms with E-state index in [0.29, 0.717) is 18.2 Å². The van der Waals surface area contributed by atoms with Crippen LogP contribution in [0.1, 0.15) is 37.2 Å². The van der Waals surface area contributed by atoms with Crippen molar-refractivity contribution >= 4 is 16.8 Å². The second-order valence-corrected chi connectivity index (χ2v) is 4.34. The average molecular weight is 250 g/mol. The van der Waals surface area contributed by atoms with Crippen LogP contribution in [-0.4, -0.2) is 16.5 Å². The van der Waals surface area contributed by atoms with E-state index in [9.17, 15) is 14.3 Å². The Morgan fingerprint density at radius 1 is 1.39 bits per heavy atom. The minimum atomic E-state index is -1.44. The fraction of sp³-hybridized carbons (Fsp3) is 0.357. The Labute approximate surface area is 104 Å². The maximum Gasteiger partial charge on any atom is 0.229 e. The van der Waals surface area contributed by atoms with Gasteiger partial charge in [-0.1, -0.05) is 26.0 Å². The highest BCUT2D eigenvalue weighted by Gasteiger charge is 2.35. The van der Waals surface area contributed by atoms with E-state index in [1.54, 1.807) is 26.0 Å². The molecule has 0 aliphatic carbocycles. The second-order valence-electron chi connectivity index (χ2n) is 4.34. The lowest BCUT2D eigenvalue weighted by Crippen LogP contribution is -2.36. The number of halogens is 1. The summed E-state index contributed by atoms with van der Waals surface area (Å²) in [7, 11) is 0. The maximum atomic E-state index is 13.5. The number of furan rings is 1. The minimum Gasteiger partial charge on any atom is -0.450 e. The van der Waals surface area contributed by atoms with E-state index in [1.165, 1.54) is 12.1 Å².